The molecule has 1 saturated heterocycles. The number of amides is 2. The summed E-state index contributed by atoms with van der Waals surface area (Å²) in [5.41, 5.74) is -3.64. The largest absolute Gasteiger partial charge is 0.416 e. The van der Waals surface area contributed by atoms with Gasteiger partial charge in [-0.25, -0.2) is 14.8 Å². The van der Waals surface area contributed by atoms with Crippen molar-refractivity contribution in [3.8, 4) is 0 Å². The van der Waals surface area contributed by atoms with Gasteiger partial charge >= 0.3 is 18.4 Å². The van der Waals surface area contributed by atoms with Gasteiger partial charge in [-0.1, -0.05) is 0 Å². The Bertz CT molecular complexity index is 972. The van der Waals surface area contributed by atoms with E-state index in [1.54, 1.807) is 13.0 Å². The number of hydrogen-bond acceptors (Lipinski definition) is 5. The minimum Gasteiger partial charge on any atom is -0.368 e. The first-order valence-corrected chi connectivity index (χ1v) is 10.6. The smallest absolute Gasteiger partial charge is 0.368 e. The number of rotatable bonds is 6. The number of aryl methyl sites for hydroxylation is 1. The van der Waals surface area contributed by atoms with E-state index in [4.69, 9.17) is 0 Å². The van der Waals surface area contributed by atoms with Crippen LogP contribution in [0.4, 0.5) is 48.5 Å². The number of piperidine rings is 1. The molecule has 34 heavy (non-hydrogen) atoms. The summed E-state index contributed by atoms with van der Waals surface area (Å²) in [5.74, 6) is 1.91. The standard InChI is InChI=1S/C21H24F6N6O/c1-13-30-17(12-18(31-13)33-7-3-2-4-8-33)28-5-6-29-19(34)32-16-10-14(20(22,23)24)9-15(11-16)21(25,26)27/h9-12H,2-8H2,1H3,(H,28,30,31)(H2,29,32,34). The van der Waals surface area contributed by atoms with Crippen LogP contribution in [0.3, 0.4) is 0 Å². The molecule has 1 aliphatic heterocycles. The summed E-state index contributed by atoms with van der Waals surface area (Å²) in [6.45, 7) is 3.83. The quantitative estimate of drug-likeness (QED) is 0.390. The number of nitrogens with one attached hydrogen (secondary N) is 3. The Morgan fingerprint density at radius 3 is 2.12 bits per heavy atom. The lowest BCUT2D eigenvalue weighted by atomic mass is 10.1. The van der Waals surface area contributed by atoms with Crippen LogP contribution in [-0.4, -0.2) is 42.2 Å². The lowest BCUT2D eigenvalue weighted by Gasteiger charge is -2.28. The molecule has 1 aliphatic rings. The van der Waals surface area contributed by atoms with Gasteiger partial charge in [-0.3, -0.25) is 0 Å². The van der Waals surface area contributed by atoms with Crippen molar-refractivity contribution in [2.45, 2.75) is 38.5 Å². The Kier molecular flexibility index (Phi) is 7.72. The average Bonchev–Trinajstić information content (AvgIpc) is 2.75. The van der Waals surface area contributed by atoms with E-state index >= 15 is 0 Å². The maximum atomic E-state index is 12.9. The summed E-state index contributed by atoms with van der Waals surface area (Å²) in [7, 11) is 0. The summed E-state index contributed by atoms with van der Waals surface area (Å²) < 4.78 is 77.6. The maximum Gasteiger partial charge on any atom is 0.416 e. The van der Waals surface area contributed by atoms with Crippen LogP contribution in [0.25, 0.3) is 0 Å². The SMILES string of the molecule is Cc1nc(NCCNC(=O)Nc2cc(C(F)(F)F)cc(C(F)(F)F)c2)cc(N2CCCCC2)n1. The molecule has 0 aliphatic carbocycles. The highest BCUT2D eigenvalue weighted by Crippen LogP contribution is 2.37. The Morgan fingerprint density at radius 2 is 1.53 bits per heavy atom. The third-order valence-corrected chi connectivity index (χ3v) is 5.07. The highest BCUT2D eigenvalue weighted by atomic mass is 19.4. The van der Waals surface area contributed by atoms with Crippen molar-refractivity contribution in [2.75, 3.05) is 41.7 Å². The second-order valence-electron chi connectivity index (χ2n) is 7.81. The van der Waals surface area contributed by atoms with Gasteiger partial charge in [-0.05, 0) is 44.4 Å². The Labute approximate surface area is 192 Å². The number of anilines is 3. The van der Waals surface area contributed by atoms with E-state index in [1.807, 2.05) is 5.32 Å². The van der Waals surface area contributed by atoms with E-state index in [0.717, 1.165) is 31.7 Å². The fourth-order valence-electron chi connectivity index (χ4n) is 3.50. The minimum atomic E-state index is -5.00. The topological polar surface area (TPSA) is 82.2 Å². The molecular weight excluding hydrogens is 466 g/mol. The maximum absolute atomic E-state index is 12.9. The van der Waals surface area contributed by atoms with E-state index in [-0.39, 0.29) is 19.2 Å². The second-order valence-corrected chi connectivity index (χ2v) is 7.81. The van der Waals surface area contributed by atoms with E-state index in [9.17, 15) is 31.1 Å². The number of carbonyl (C=O) groups is 1. The first-order valence-electron chi connectivity index (χ1n) is 10.6. The second kappa shape index (κ2) is 10.3. The zero-order chi connectivity index (χ0) is 24.9. The molecular formula is C21H24F6N6O. The van der Waals surface area contributed by atoms with Crippen molar-refractivity contribution < 1.29 is 31.1 Å². The van der Waals surface area contributed by atoms with Crippen molar-refractivity contribution in [1.82, 2.24) is 15.3 Å². The minimum absolute atomic E-state index is 0.00510. The summed E-state index contributed by atoms with van der Waals surface area (Å²) >= 11 is 0. The third kappa shape index (κ3) is 7.12. The monoisotopic (exact) mass is 490 g/mol. The molecule has 0 radical (unpaired) electrons. The van der Waals surface area contributed by atoms with Crippen molar-refractivity contribution in [2.24, 2.45) is 0 Å². The molecule has 3 N–H and O–H groups in total. The average molecular weight is 490 g/mol. The van der Waals surface area contributed by atoms with E-state index in [1.165, 1.54) is 6.42 Å². The molecule has 2 amide bonds. The van der Waals surface area contributed by atoms with Crippen LogP contribution in [0.1, 0.15) is 36.2 Å². The molecule has 0 bridgehead atoms. The number of benzene rings is 1. The number of nitrogens with zero attached hydrogens (tertiary/aromatic N) is 3. The van der Waals surface area contributed by atoms with Gasteiger partial charge in [-0.15, -0.1) is 0 Å². The van der Waals surface area contributed by atoms with Gasteiger partial charge in [0.15, 0.2) is 0 Å². The van der Waals surface area contributed by atoms with Gasteiger partial charge in [0.1, 0.15) is 17.5 Å². The normalized spacial score (nSPS) is 14.6. The summed E-state index contributed by atoms with van der Waals surface area (Å²) in [6, 6.07) is 1.73. The van der Waals surface area contributed by atoms with Crippen LogP contribution in [0.5, 0.6) is 0 Å². The molecule has 1 aromatic carbocycles. The molecule has 0 unspecified atom stereocenters. The lowest BCUT2D eigenvalue weighted by molar-refractivity contribution is -0.143. The highest BCUT2D eigenvalue weighted by molar-refractivity contribution is 5.89. The van der Waals surface area contributed by atoms with Crippen molar-refractivity contribution in [3.05, 3.63) is 41.2 Å². The molecule has 0 atom stereocenters. The fourth-order valence-corrected chi connectivity index (χ4v) is 3.50. The molecule has 1 fully saturated rings. The van der Waals surface area contributed by atoms with Gasteiger partial charge in [0.2, 0.25) is 0 Å². The van der Waals surface area contributed by atoms with E-state index in [2.05, 4.69) is 25.5 Å². The van der Waals surface area contributed by atoms with Crippen LogP contribution in [0, 0.1) is 6.92 Å². The van der Waals surface area contributed by atoms with E-state index in [0.29, 0.717) is 23.8 Å². The van der Waals surface area contributed by atoms with Crippen molar-refractivity contribution >= 4 is 23.4 Å². The first-order chi connectivity index (χ1) is 15.9. The van der Waals surface area contributed by atoms with Gasteiger partial charge < -0.3 is 20.9 Å². The van der Waals surface area contributed by atoms with Crippen LogP contribution in [0.15, 0.2) is 24.3 Å². The van der Waals surface area contributed by atoms with Gasteiger partial charge in [-0.2, -0.15) is 26.3 Å². The molecule has 2 heterocycles. The summed E-state index contributed by atoms with van der Waals surface area (Å²) in [5, 5.41) is 7.42. The number of alkyl halides is 6. The predicted octanol–water partition coefficient (Wildman–Crippen LogP) is 5.05. The lowest BCUT2D eigenvalue weighted by Crippen LogP contribution is -2.33. The van der Waals surface area contributed by atoms with Crippen LogP contribution < -0.4 is 20.9 Å². The third-order valence-electron chi connectivity index (χ3n) is 5.07. The molecule has 2 aromatic rings. The highest BCUT2D eigenvalue weighted by Gasteiger charge is 2.37. The Morgan fingerprint density at radius 1 is 0.912 bits per heavy atom. The van der Waals surface area contributed by atoms with E-state index < -0.39 is 35.2 Å². The molecule has 3 rings (SSSR count). The zero-order valence-electron chi connectivity index (χ0n) is 18.3. The number of aromatic nitrogens is 2. The van der Waals surface area contributed by atoms with Crippen molar-refractivity contribution in [1.29, 1.82) is 0 Å². The molecule has 13 heteroatoms. The van der Waals surface area contributed by atoms with Gasteiger partial charge in [0, 0.05) is 37.9 Å². The summed E-state index contributed by atoms with van der Waals surface area (Å²) in [6.07, 6.45) is -6.65. The number of urea groups is 1. The molecule has 0 saturated carbocycles. The summed E-state index contributed by atoms with van der Waals surface area (Å²) in [4.78, 5) is 22.9. The number of carbonyl (C=O) groups excluding carboxylic acids is 1. The molecule has 7 nitrogen and oxygen atoms in total. The first kappa shape index (κ1) is 25.4. The molecule has 0 spiro atoms. The Balaban J connectivity index is 1.55. The van der Waals surface area contributed by atoms with Gasteiger partial charge in [0.05, 0.1) is 11.1 Å². The predicted molar refractivity (Wildman–Crippen MR) is 115 cm³/mol. The van der Waals surface area contributed by atoms with Crippen LogP contribution >= 0.6 is 0 Å². The zero-order valence-corrected chi connectivity index (χ0v) is 18.3. The fraction of sp³-hybridized carbons (Fsp3) is 0.476. The van der Waals surface area contributed by atoms with Gasteiger partial charge in [0.25, 0.3) is 0 Å². The number of halogens is 6. The Hall–Kier alpha value is -3.25. The molecule has 186 valence electrons. The number of hydrogen-bond donors (Lipinski definition) is 3. The van der Waals surface area contributed by atoms with Crippen LogP contribution in [-0.2, 0) is 12.4 Å². The van der Waals surface area contributed by atoms with Crippen LogP contribution in [0.2, 0.25) is 0 Å². The molecule has 1 aromatic heterocycles. The van der Waals surface area contributed by atoms with Crippen molar-refractivity contribution in [3.63, 3.8) is 0 Å².